The molecule has 0 saturated heterocycles. The minimum absolute atomic E-state index is 0.00522. The Labute approximate surface area is 125 Å². The van der Waals surface area contributed by atoms with E-state index in [9.17, 15) is 9.59 Å². The van der Waals surface area contributed by atoms with Crippen LogP contribution in [0.2, 0.25) is 0 Å². The predicted molar refractivity (Wildman–Crippen MR) is 78.3 cm³/mol. The lowest BCUT2D eigenvalue weighted by molar-refractivity contribution is -0.135. The molecule has 21 heavy (non-hydrogen) atoms. The van der Waals surface area contributed by atoms with E-state index in [2.05, 4.69) is 35.6 Å². The fraction of sp³-hybridized carbons (Fsp3) is 0.286. The van der Waals surface area contributed by atoms with Crippen LogP contribution in [0.3, 0.4) is 0 Å². The van der Waals surface area contributed by atoms with E-state index in [4.69, 9.17) is 9.47 Å². The minimum atomic E-state index is -0.764. The molecule has 0 spiro atoms. The van der Waals surface area contributed by atoms with Crippen LogP contribution in [-0.2, 0) is 28.4 Å². The Morgan fingerprint density at radius 2 is 1.24 bits per heavy atom. The summed E-state index contributed by atoms with van der Waals surface area (Å²) in [4.78, 5) is 22.8. The molecule has 0 aliphatic rings. The second-order valence-electron chi connectivity index (χ2n) is 3.72. The van der Waals surface area contributed by atoms with Crippen molar-refractivity contribution in [2.75, 3.05) is 26.4 Å². The third-order valence-corrected chi connectivity index (χ3v) is 1.91. The Morgan fingerprint density at radius 3 is 1.57 bits per heavy atom. The number of carbonyl (C=O) groups is 2. The van der Waals surface area contributed by atoms with Crippen LogP contribution in [0.15, 0.2) is 49.6 Å². The van der Waals surface area contributed by atoms with Gasteiger partial charge >= 0.3 is 19.6 Å². The van der Waals surface area contributed by atoms with Crippen molar-refractivity contribution in [2.45, 2.75) is 0 Å². The molecule has 0 atom stereocenters. The van der Waals surface area contributed by atoms with Gasteiger partial charge in [0.25, 0.3) is 0 Å². The molecule has 0 bridgehead atoms. The highest BCUT2D eigenvalue weighted by Crippen LogP contribution is 1.98. The van der Waals surface area contributed by atoms with Crippen LogP contribution in [0.5, 0.6) is 0 Å². The first kappa shape index (κ1) is 18.9. The molecular weight excluding hydrogens is 275 g/mol. The topological polar surface area (TPSA) is 71.1 Å². The molecule has 0 heterocycles. The first-order valence-electron chi connectivity index (χ1n) is 5.99. The molecule has 0 rings (SSSR count). The van der Waals surface area contributed by atoms with Crippen molar-refractivity contribution in [3.63, 3.8) is 0 Å². The third-order valence-electron chi connectivity index (χ3n) is 1.91. The molecular formula is C14H18BO6. The lowest BCUT2D eigenvalue weighted by Crippen LogP contribution is -2.20. The lowest BCUT2D eigenvalue weighted by Gasteiger charge is -2.07. The second kappa shape index (κ2) is 11.7. The summed E-state index contributed by atoms with van der Waals surface area (Å²) >= 11 is 0. The normalized spacial score (nSPS) is 9.33. The maximum atomic E-state index is 11.4. The fourth-order valence-corrected chi connectivity index (χ4v) is 0.927. The van der Waals surface area contributed by atoms with Gasteiger partial charge in [-0.3, -0.25) is 0 Å². The first-order valence-corrected chi connectivity index (χ1v) is 5.99. The zero-order chi connectivity index (χ0) is 16.1. The van der Waals surface area contributed by atoms with E-state index >= 15 is 0 Å². The van der Waals surface area contributed by atoms with Gasteiger partial charge in [0.1, 0.15) is 0 Å². The molecule has 0 aromatic heterocycles. The summed E-state index contributed by atoms with van der Waals surface area (Å²) in [6.45, 7) is 14.4. The molecule has 0 fully saturated rings. The van der Waals surface area contributed by atoms with Crippen LogP contribution >= 0.6 is 0 Å². The zero-order valence-electron chi connectivity index (χ0n) is 11.8. The highest BCUT2D eigenvalue weighted by Gasteiger charge is 2.15. The van der Waals surface area contributed by atoms with Gasteiger partial charge in [-0.2, -0.15) is 0 Å². The molecule has 0 N–H and O–H groups in total. The summed E-state index contributed by atoms with van der Waals surface area (Å²) < 4.78 is 19.2. The molecule has 0 saturated carbocycles. The summed E-state index contributed by atoms with van der Waals surface area (Å²) in [6.07, 6.45) is 3.07. The molecule has 0 aliphatic carbocycles. The molecule has 0 unspecified atom stereocenters. The van der Waals surface area contributed by atoms with Gasteiger partial charge in [-0.05, 0) is 0 Å². The highest BCUT2D eigenvalue weighted by molar-refractivity contribution is 6.28. The standard InChI is InChI=1S/C14H18BO6/c1-5-7-18-9-11(3)13(16)20-15-21-14(17)12(4)10-19-8-6-2/h5-6H,1-4,7-10H2. The Morgan fingerprint density at radius 1 is 0.857 bits per heavy atom. The van der Waals surface area contributed by atoms with E-state index in [1.807, 2.05) is 0 Å². The van der Waals surface area contributed by atoms with Crippen LogP contribution in [0, 0.1) is 0 Å². The number of carbonyl (C=O) groups excluding carboxylic acids is 2. The zero-order valence-corrected chi connectivity index (χ0v) is 11.8. The Balaban J connectivity index is 3.85. The average Bonchev–Trinajstić information content (AvgIpc) is 2.47. The SMILES string of the molecule is C=CCOCC(=C)C(=O)O[B]OC(=O)C(=C)COCC=C. The second-order valence-corrected chi connectivity index (χ2v) is 3.72. The molecule has 6 nitrogen and oxygen atoms in total. The molecule has 0 aromatic carbocycles. The maximum Gasteiger partial charge on any atom is 0.662 e. The van der Waals surface area contributed by atoms with Crippen molar-refractivity contribution in [1.29, 1.82) is 0 Å². The summed E-state index contributed by atoms with van der Waals surface area (Å²) in [5.74, 6) is -1.53. The van der Waals surface area contributed by atoms with E-state index in [0.29, 0.717) is 7.69 Å². The number of hydrogen-bond donors (Lipinski definition) is 0. The van der Waals surface area contributed by atoms with E-state index in [1.54, 1.807) is 0 Å². The van der Waals surface area contributed by atoms with E-state index in [-0.39, 0.29) is 37.6 Å². The smallest absolute Gasteiger partial charge is 0.496 e. The monoisotopic (exact) mass is 293 g/mol. The summed E-state index contributed by atoms with van der Waals surface area (Å²) in [7, 11) is 0.613. The average molecular weight is 293 g/mol. The molecule has 113 valence electrons. The van der Waals surface area contributed by atoms with Crippen LogP contribution in [0.1, 0.15) is 0 Å². The van der Waals surface area contributed by atoms with Crippen molar-refractivity contribution in [3.05, 3.63) is 49.6 Å². The maximum absolute atomic E-state index is 11.4. The van der Waals surface area contributed by atoms with Crippen molar-refractivity contribution in [3.8, 4) is 0 Å². The van der Waals surface area contributed by atoms with Gasteiger partial charge in [0.2, 0.25) is 0 Å². The van der Waals surface area contributed by atoms with Gasteiger partial charge in [-0.25, -0.2) is 9.59 Å². The largest absolute Gasteiger partial charge is 0.662 e. The molecule has 7 heteroatoms. The van der Waals surface area contributed by atoms with Crippen LogP contribution in [-0.4, -0.2) is 46.1 Å². The van der Waals surface area contributed by atoms with Gasteiger partial charge in [-0.15, -0.1) is 13.2 Å². The number of rotatable bonds is 12. The highest BCUT2D eigenvalue weighted by atomic mass is 16.6. The Kier molecular flexibility index (Phi) is 10.5. The van der Waals surface area contributed by atoms with Crippen molar-refractivity contribution in [1.82, 2.24) is 0 Å². The minimum Gasteiger partial charge on any atom is -0.496 e. The quantitative estimate of drug-likeness (QED) is 0.232. The molecule has 0 aliphatic heterocycles. The first-order chi connectivity index (χ1) is 10.0. The number of hydrogen-bond acceptors (Lipinski definition) is 6. The van der Waals surface area contributed by atoms with Crippen molar-refractivity contribution < 1.29 is 28.4 Å². The number of ether oxygens (including phenoxy) is 2. The molecule has 1 radical (unpaired) electrons. The van der Waals surface area contributed by atoms with Crippen LogP contribution in [0.4, 0.5) is 0 Å². The lowest BCUT2D eigenvalue weighted by atomic mass is 10.3. The van der Waals surface area contributed by atoms with Gasteiger partial charge in [0, 0.05) is 0 Å². The van der Waals surface area contributed by atoms with Gasteiger partial charge in [0.05, 0.1) is 37.6 Å². The van der Waals surface area contributed by atoms with Crippen molar-refractivity contribution in [2.24, 2.45) is 0 Å². The summed E-state index contributed by atoms with van der Waals surface area (Å²) in [5, 5.41) is 0. The fourth-order valence-electron chi connectivity index (χ4n) is 0.927. The van der Waals surface area contributed by atoms with Gasteiger partial charge in [0.15, 0.2) is 0 Å². The molecule has 0 amide bonds. The van der Waals surface area contributed by atoms with Gasteiger partial charge in [-0.1, -0.05) is 25.3 Å². The van der Waals surface area contributed by atoms with Gasteiger partial charge < -0.3 is 18.8 Å². The predicted octanol–water partition coefficient (Wildman–Crippen LogP) is 1.12. The van der Waals surface area contributed by atoms with E-state index in [1.165, 1.54) is 12.2 Å². The van der Waals surface area contributed by atoms with Crippen molar-refractivity contribution >= 4 is 19.6 Å². The Bertz CT molecular complexity index is 378. The summed E-state index contributed by atoms with van der Waals surface area (Å²) in [6, 6.07) is 0. The van der Waals surface area contributed by atoms with E-state index in [0.717, 1.165) is 0 Å². The summed E-state index contributed by atoms with van der Waals surface area (Å²) in [5.41, 5.74) is 0.162. The molecule has 0 aromatic rings. The van der Waals surface area contributed by atoms with Crippen LogP contribution in [0.25, 0.3) is 0 Å². The third kappa shape index (κ3) is 9.42. The Hall–Kier alpha value is -2.12. The van der Waals surface area contributed by atoms with E-state index < -0.39 is 11.9 Å². The van der Waals surface area contributed by atoms with Crippen LogP contribution < -0.4 is 0 Å².